The highest BCUT2D eigenvalue weighted by Gasteiger charge is 2.18. The highest BCUT2D eigenvalue weighted by molar-refractivity contribution is 5.87. The maximum Gasteiger partial charge on any atom is 0.285 e. The third-order valence-corrected chi connectivity index (χ3v) is 3.13. The van der Waals surface area contributed by atoms with Crippen LogP contribution in [0.15, 0.2) is 36.4 Å². The molecule has 2 aromatic carbocycles. The second-order valence-electron chi connectivity index (χ2n) is 4.29. The molecular formula is C15H14N2O3. The summed E-state index contributed by atoms with van der Waals surface area (Å²) in [6.07, 6.45) is 0. The van der Waals surface area contributed by atoms with E-state index >= 15 is 0 Å². The first kappa shape index (κ1) is 12.5. The molecule has 0 aliphatic rings. The lowest BCUT2D eigenvalue weighted by molar-refractivity contribution is -0.548. The molecule has 102 valence electrons. The molecule has 0 atom stereocenters. The molecule has 3 rings (SSSR count). The zero-order valence-electron chi connectivity index (χ0n) is 11.3. The van der Waals surface area contributed by atoms with Crippen molar-refractivity contribution >= 4 is 22.1 Å². The molecule has 0 saturated carbocycles. The molecule has 1 heterocycles. The maximum absolute atomic E-state index is 12.6. The van der Waals surface area contributed by atoms with Crippen LogP contribution in [0.25, 0.3) is 22.1 Å². The Balaban J connectivity index is 2.44. The molecule has 0 radical (unpaired) electrons. The summed E-state index contributed by atoms with van der Waals surface area (Å²) in [5.74, 6) is 1.12. The summed E-state index contributed by atoms with van der Waals surface area (Å²) in [4.78, 5) is 4.53. The van der Waals surface area contributed by atoms with Crippen LogP contribution in [0.3, 0.4) is 0 Å². The van der Waals surface area contributed by atoms with Gasteiger partial charge in [0.25, 0.3) is 5.52 Å². The fraction of sp³-hybridized carbons (Fsp3) is 0.200. The Labute approximate surface area is 116 Å². The minimum absolute atomic E-state index is 0.440. The molecule has 0 amide bonds. The van der Waals surface area contributed by atoms with E-state index in [1.807, 2.05) is 13.0 Å². The summed E-state index contributed by atoms with van der Waals surface area (Å²) >= 11 is 0. The molecule has 0 saturated heterocycles. The van der Waals surface area contributed by atoms with Crippen LogP contribution in [-0.4, -0.2) is 18.7 Å². The molecule has 0 aliphatic carbocycles. The number of rotatable bonds is 3. The molecular weight excluding hydrogens is 256 g/mol. The van der Waals surface area contributed by atoms with Crippen molar-refractivity contribution in [3.8, 4) is 11.5 Å². The van der Waals surface area contributed by atoms with Crippen molar-refractivity contribution in [2.45, 2.75) is 6.92 Å². The number of hydrogen-bond acceptors (Lipinski definition) is 4. The maximum atomic E-state index is 12.6. The molecule has 3 aromatic rings. The summed E-state index contributed by atoms with van der Waals surface area (Å²) in [5.41, 5.74) is 2.04. The van der Waals surface area contributed by atoms with Gasteiger partial charge in [-0.25, -0.2) is 4.98 Å². The van der Waals surface area contributed by atoms with Crippen LogP contribution in [0.1, 0.15) is 6.92 Å². The van der Waals surface area contributed by atoms with E-state index in [1.165, 1.54) is 0 Å². The van der Waals surface area contributed by atoms with Crippen LogP contribution >= 0.6 is 0 Å². The van der Waals surface area contributed by atoms with Crippen LogP contribution in [0.2, 0.25) is 0 Å². The monoisotopic (exact) mass is 270 g/mol. The zero-order chi connectivity index (χ0) is 14.1. The second kappa shape index (κ2) is 4.85. The fourth-order valence-electron chi connectivity index (χ4n) is 2.27. The normalized spacial score (nSPS) is 10.9. The van der Waals surface area contributed by atoms with E-state index in [0.717, 1.165) is 4.73 Å². The predicted molar refractivity (Wildman–Crippen MR) is 75.9 cm³/mol. The summed E-state index contributed by atoms with van der Waals surface area (Å²) in [5, 5.41) is 12.6. The van der Waals surface area contributed by atoms with Crippen LogP contribution in [0.5, 0.6) is 11.5 Å². The first-order chi connectivity index (χ1) is 9.76. The van der Waals surface area contributed by atoms with Gasteiger partial charge in [-0.15, -0.1) is 0 Å². The Bertz CT molecular complexity index is 787. The average molecular weight is 270 g/mol. The van der Waals surface area contributed by atoms with Crippen molar-refractivity contribution in [3.05, 3.63) is 41.6 Å². The van der Waals surface area contributed by atoms with E-state index in [2.05, 4.69) is 4.98 Å². The topological polar surface area (TPSA) is 58.3 Å². The van der Waals surface area contributed by atoms with Crippen LogP contribution in [-0.2, 0) is 0 Å². The Morgan fingerprint density at radius 2 is 1.90 bits per heavy atom. The van der Waals surface area contributed by atoms with Gasteiger partial charge in [0.2, 0.25) is 5.52 Å². The average Bonchev–Trinajstić information content (AvgIpc) is 2.47. The summed E-state index contributed by atoms with van der Waals surface area (Å²) in [6, 6.07) is 10.7. The van der Waals surface area contributed by atoms with Crippen molar-refractivity contribution in [1.29, 1.82) is 0 Å². The number of nitrogens with zero attached hydrogens (tertiary/aromatic N) is 2. The van der Waals surface area contributed by atoms with Crippen molar-refractivity contribution in [2.24, 2.45) is 0 Å². The smallest absolute Gasteiger partial charge is 0.285 e. The minimum atomic E-state index is 0.440. The third-order valence-electron chi connectivity index (χ3n) is 3.13. The van der Waals surface area contributed by atoms with Crippen molar-refractivity contribution in [3.63, 3.8) is 0 Å². The number of aromatic nitrogens is 2. The van der Waals surface area contributed by atoms with E-state index in [4.69, 9.17) is 9.47 Å². The molecule has 1 aromatic heterocycles. The van der Waals surface area contributed by atoms with Gasteiger partial charge in [-0.2, -0.15) is 4.73 Å². The number of benzene rings is 2. The lowest BCUT2D eigenvalue weighted by Crippen LogP contribution is -2.29. The number of para-hydroxylation sites is 2. The van der Waals surface area contributed by atoms with Gasteiger partial charge in [-0.05, 0) is 25.1 Å². The van der Waals surface area contributed by atoms with Gasteiger partial charge < -0.3 is 14.7 Å². The van der Waals surface area contributed by atoms with Crippen molar-refractivity contribution < 1.29 is 14.2 Å². The van der Waals surface area contributed by atoms with Crippen LogP contribution < -0.4 is 14.2 Å². The number of ether oxygens (including phenoxy) is 2. The molecule has 0 aliphatic heterocycles. The standard InChI is InChI=1S/C15H14N2O3/c1-3-20-13-9-4-6-10-15(13)17(18)11-7-5-8-12(19-2)14(11)16-10/h4-9H,3H2,1-2H3. The van der Waals surface area contributed by atoms with Gasteiger partial charge in [-0.3, -0.25) is 0 Å². The number of methoxy groups -OCH3 is 1. The summed E-state index contributed by atoms with van der Waals surface area (Å²) < 4.78 is 11.6. The highest BCUT2D eigenvalue weighted by atomic mass is 16.5. The molecule has 20 heavy (non-hydrogen) atoms. The first-order valence-electron chi connectivity index (χ1n) is 6.38. The Kier molecular flexibility index (Phi) is 3.02. The molecule has 0 fully saturated rings. The molecule has 0 N–H and O–H groups in total. The van der Waals surface area contributed by atoms with Gasteiger partial charge >= 0.3 is 0 Å². The second-order valence-corrected chi connectivity index (χ2v) is 4.29. The van der Waals surface area contributed by atoms with E-state index in [0.29, 0.717) is 40.2 Å². The molecule has 0 bridgehead atoms. The molecule has 5 heteroatoms. The molecule has 5 nitrogen and oxygen atoms in total. The van der Waals surface area contributed by atoms with Crippen molar-refractivity contribution in [1.82, 2.24) is 4.98 Å². The van der Waals surface area contributed by atoms with Gasteiger partial charge in [0, 0.05) is 6.07 Å². The van der Waals surface area contributed by atoms with Gasteiger partial charge in [-0.1, -0.05) is 12.1 Å². The lowest BCUT2D eigenvalue weighted by Gasteiger charge is -2.10. The zero-order valence-corrected chi connectivity index (χ0v) is 11.3. The summed E-state index contributed by atoms with van der Waals surface area (Å²) in [6.45, 7) is 2.38. The van der Waals surface area contributed by atoms with Gasteiger partial charge in [0.05, 0.1) is 13.7 Å². The third kappa shape index (κ3) is 1.79. The largest absolute Gasteiger partial charge is 0.618 e. The Morgan fingerprint density at radius 3 is 2.65 bits per heavy atom. The predicted octanol–water partition coefficient (Wildman–Crippen LogP) is 2.43. The highest BCUT2D eigenvalue weighted by Crippen LogP contribution is 2.27. The quantitative estimate of drug-likeness (QED) is 0.416. The Morgan fingerprint density at radius 1 is 1.15 bits per heavy atom. The van der Waals surface area contributed by atoms with Gasteiger partial charge in [0.1, 0.15) is 5.52 Å². The number of fused-ring (bicyclic) bond motifs is 2. The molecule has 0 spiro atoms. The fourth-order valence-corrected chi connectivity index (χ4v) is 2.27. The van der Waals surface area contributed by atoms with Crippen molar-refractivity contribution in [2.75, 3.05) is 13.7 Å². The molecule has 0 unspecified atom stereocenters. The lowest BCUT2D eigenvalue weighted by atomic mass is 10.2. The van der Waals surface area contributed by atoms with Crippen LogP contribution in [0.4, 0.5) is 0 Å². The SMILES string of the molecule is CCOc1cccc2nc3c(OC)cccc3[n+]([O-])c12. The van der Waals surface area contributed by atoms with E-state index < -0.39 is 0 Å². The summed E-state index contributed by atoms with van der Waals surface area (Å²) in [7, 11) is 1.56. The van der Waals surface area contributed by atoms with E-state index in [9.17, 15) is 5.21 Å². The first-order valence-corrected chi connectivity index (χ1v) is 6.38. The minimum Gasteiger partial charge on any atom is -0.618 e. The van der Waals surface area contributed by atoms with Gasteiger partial charge in [0.15, 0.2) is 17.0 Å². The Hall–Kier alpha value is -2.56. The van der Waals surface area contributed by atoms with Crippen LogP contribution in [0, 0.1) is 5.21 Å². The van der Waals surface area contributed by atoms with E-state index in [-0.39, 0.29) is 0 Å². The van der Waals surface area contributed by atoms with E-state index in [1.54, 1.807) is 37.4 Å². The number of hydrogen-bond donors (Lipinski definition) is 0.